The van der Waals surface area contributed by atoms with Gasteiger partial charge in [0.1, 0.15) is 0 Å². The molecule has 100 valence electrons. The zero-order chi connectivity index (χ0) is 14.2. The van der Waals surface area contributed by atoms with E-state index >= 15 is 0 Å². The van der Waals surface area contributed by atoms with Crippen LogP contribution in [-0.2, 0) is 11.2 Å². The molecular formula is C16H14N2OS. The largest absolute Gasteiger partial charge is 0.326 e. The number of rotatable bonds is 5. The number of nitriles is 1. The van der Waals surface area contributed by atoms with Crippen molar-refractivity contribution in [3.63, 3.8) is 0 Å². The molecule has 0 atom stereocenters. The molecule has 0 aliphatic carbocycles. The van der Waals surface area contributed by atoms with Gasteiger partial charge in [0, 0.05) is 10.6 Å². The maximum Gasteiger partial charge on any atom is 0.228 e. The lowest BCUT2D eigenvalue weighted by Gasteiger charge is -2.06. The fourth-order valence-electron chi connectivity index (χ4n) is 1.74. The van der Waals surface area contributed by atoms with Gasteiger partial charge in [-0.1, -0.05) is 30.3 Å². The summed E-state index contributed by atoms with van der Waals surface area (Å²) < 4.78 is 0. The molecule has 0 fully saturated rings. The number of carbonyl (C=O) groups excluding carboxylic acids is 1. The molecule has 0 unspecified atom stereocenters. The van der Waals surface area contributed by atoms with Crippen LogP contribution in [-0.4, -0.2) is 11.7 Å². The van der Waals surface area contributed by atoms with E-state index < -0.39 is 0 Å². The number of hydrogen-bond donors (Lipinski definition) is 1. The molecule has 0 aliphatic heterocycles. The van der Waals surface area contributed by atoms with Gasteiger partial charge in [-0.15, -0.1) is 11.8 Å². The molecule has 0 aromatic heterocycles. The molecule has 3 nitrogen and oxygen atoms in total. The van der Waals surface area contributed by atoms with Crippen LogP contribution in [0.1, 0.15) is 5.56 Å². The van der Waals surface area contributed by atoms with Crippen molar-refractivity contribution in [1.29, 1.82) is 5.26 Å². The van der Waals surface area contributed by atoms with Gasteiger partial charge in [-0.3, -0.25) is 4.79 Å². The maximum absolute atomic E-state index is 11.9. The number of thioether (sulfide) groups is 1. The first-order valence-corrected chi connectivity index (χ1v) is 7.20. The molecule has 0 saturated heterocycles. The Labute approximate surface area is 122 Å². The molecule has 2 aromatic carbocycles. The number of anilines is 1. The minimum absolute atomic E-state index is 0.0337. The minimum Gasteiger partial charge on any atom is -0.326 e. The van der Waals surface area contributed by atoms with E-state index in [-0.39, 0.29) is 5.91 Å². The van der Waals surface area contributed by atoms with Gasteiger partial charge in [-0.2, -0.15) is 5.26 Å². The van der Waals surface area contributed by atoms with Crippen molar-refractivity contribution in [2.45, 2.75) is 11.3 Å². The third kappa shape index (κ3) is 4.45. The highest BCUT2D eigenvalue weighted by Crippen LogP contribution is 2.19. The summed E-state index contributed by atoms with van der Waals surface area (Å²) in [7, 11) is 0. The summed E-state index contributed by atoms with van der Waals surface area (Å²) in [5.41, 5.74) is 1.76. The molecule has 0 saturated carbocycles. The minimum atomic E-state index is -0.0337. The monoisotopic (exact) mass is 282 g/mol. The van der Waals surface area contributed by atoms with E-state index in [1.807, 2.05) is 54.6 Å². The zero-order valence-corrected chi connectivity index (χ0v) is 11.7. The number of nitrogens with zero attached hydrogens (tertiary/aromatic N) is 1. The third-order valence-electron chi connectivity index (χ3n) is 2.65. The van der Waals surface area contributed by atoms with Crippen LogP contribution in [0.2, 0.25) is 0 Å². The average Bonchev–Trinajstić information content (AvgIpc) is 2.47. The molecule has 2 rings (SSSR count). The molecule has 4 heteroatoms. The van der Waals surface area contributed by atoms with Gasteiger partial charge in [-0.05, 0) is 29.8 Å². The quantitative estimate of drug-likeness (QED) is 0.854. The van der Waals surface area contributed by atoms with Crippen LogP contribution in [0.15, 0.2) is 59.5 Å². The lowest BCUT2D eigenvalue weighted by atomic mass is 10.1. The first kappa shape index (κ1) is 14.2. The average molecular weight is 282 g/mol. The Hall–Kier alpha value is -2.25. The highest BCUT2D eigenvalue weighted by Gasteiger charge is 2.03. The van der Waals surface area contributed by atoms with Crippen molar-refractivity contribution in [2.24, 2.45) is 0 Å². The molecule has 0 aliphatic rings. The van der Waals surface area contributed by atoms with E-state index in [2.05, 4.69) is 11.4 Å². The normalized spacial score (nSPS) is 9.75. The molecule has 1 amide bonds. The van der Waals surface area contributed by atoms with Crippen LogP contribution in [0.5, 0.6) is 0 Å². The SMILES string of the molecule is N#CCSc1ccc(NC(=O)Cc2ccccc2)cc1. The fourth-order valence-corrected chi connectivity index (χ4v) is 2.30. The Morgan fingerprint density at radius 2 is 1.80 bits per heavy atom. The number of hydrogen-bond acceptors (Lipinski definition) is 3. The molecule has 0 radical (unpaired) electrons. The van der Waals surface area contributed by atoms with Crippen molar-refractivity contribution >= 4 is 23.4 Å². The molecule has 0 bridgehead atoms. The molecule has 2 aromatic rings. The summed E-state index contributed by atoms with van der Waals surface area (Å²) in [6.45, 7) is 0. The number of amides is 1. The Kier molecular flexibility index (Phi) is 5.22. The highest BCUT2D eigenvalue weighted by molar-refractivity contribution is 7.99. The van der Waals surface area contributed by atoms with Crippen molar-refractivity contribution < 1.29 is 4.79 Å². The van der Waals surface area contributed by atoms with E-state index in [1.165, 1.54) is 11.8 Å². The highest BCUT2D eigenvalue weighted by atomic mass is 32.2. The topological polar surface area (TPSA) is 52.9 Å². The lowest BCUT2D eigenvalue weighted by Crippen LogP contribution is -2.14. The van der Waals surface area contributed by atoms with Crippen molar-refractivity contribution in [1.82, 2.24) is 0 Å². The Bertz CT molecular complexity index is 603. The predicted octanol–water partition coefficient (Wildman–Crippen LogP) is 3.48. The van der Waals surface area contributed by atoms with Crippen molar-refractivity contribution in [3.8, 4) is 6.07 Å². The Morgan fingerprint density at radius 1 is 1.10 bits per heavy atom. The summed E-state index contributed by atoms with van der Waals surface area (Å²) in [4.78, 5) is 12.9. The van der Waals surface area contributed by atoms with Gasteiger partial charge in [0.2, 0.25) is 5.91 Å². The second-order valence-electron chi connectivity index (χ2n) is 4.18. The lowest BCUT2D eigenvalue weighted by molar-refractivity contribution is -0.115. The van der Waals surface area contributed by atoms with Crippen LogP contribution in [0.3, 0.4) is 0 Å². The molecule has 1 N–H and O–H groups in total. The van der Waals surface area contributed by atoms with Crippen LogP contribution in [0, 0.1) is 11.3 Å². The second kappa shape index (κ2) is 7.37. The smallest absolute Gasteiger partial charge is 0.228 e. The van der Waals surface area contributed by atoms with E-state index in [4.69, 9.17) is 5.26 Å². The summed E-state index contributed by atoms with van der Waals surface area (Å²) in [6, 6.07) is 19.2. The maximum atomic E-state index is 11.9. The van der Waals surface area contributed by atoms with E-state index in [9.17, 15) is 4.79 Å². The number of carbonyl (C=O) groups is 1. The van der Waals surface area contributed by atoms with E-state index in [0.29, 0.717) is 12.2 Å². The van der Waals surface area contributed by atoms with Crippen LogP contribution in [0.4, 0.5) is 5.69 Å². The molecule has 0 spiro atoms. The third-order valence-corrected chi connectivity index (χ3v) is 3.53. The first-order chi connectivity index (χ1) is 9.78. The van der Waals surface area contributed by atoms with Gasteiger partial charge in [0.15, 0.2) is 0 Å². The summed E-state index contributed by atoms with van der Waals surface area (Å²) in [5, 5.41) is 11.4. The van der Waals surface area contributed by atoms with E-state index in [1.54, 1.807) is 0 Å². The van der Waals surface area contributed by atoms with E-state index in [0.717, 1.165) is 16.1 Å². The number of benzene rings is 2. The standard InChI is InChI=1S/C16H14N2OS/c17-10-11-20-15-8-6-14(7-9-15)18-16(19)12-13-4-2-1-3-5-13/h1-9H,11-12H2,(H,18,19). The molecule has 20 heavy (non-hydrogen) atoms. The van der Waals surface area contributed by atoms with Gasteiger partial charge in [0.05, 0.1) is 18.2 Å². The first-order valence-electron chi connectivity index (χ1n) is 6.21. The fraction of sp³-hybridized carbons (Fsp3) is 0.125. The van der Waals surface area contributed by atoms with Gasteiger partial charge in [-0.25, -0.2) is 0 Å². The van der Waals surface area contributed by atoms with Crippen molar-refractivity contribution in [3.05, 3.63) is 60.2 Å². The van der Waals surface area contributed by atoms with Crippen LogP contribution >= 0.6 is 11.8 Å². The zero-order valence-electron chi connectivity index (χ0n) is 10.9. The molecule has 0 heterocycles. The Morgan fingerprint density at radius 3 is 2.45 bits per heavy atom. The van der Waals surface area contributed by atoms with Gasteiger partial charge >= 0.3 is 0 Å². The van der Waals surface area contributed by atoms with Gasteiger partial charge < -0.3 is 5.32 Å². The summed E-state index contributed by atoms with van der Waals surface area (Å²) >= 11 is 1.48. The van der Waals surface area contributed by atoms with Crippen molar-refractivity contribution in [2.75, 3.05) is 11.1 Å². The summed E-state index contributed by atoms with van der Waals surface area (Å²) in [6.07, 6.45) is 0.367. The van der Waals surface area contributed by atoms with Crippen LogP contribution in [0.25, 0.3) is 0 Å². The van der Waals surface area contributed by atoms with Crippen LogP contribution < -0.4 is 5.32 Å². The second-order valence-corrected chi connectivity index (χ2v) is 5.23. The summed E-state index contributed by atoms with van der Waals surface area (Å²) in [5.74, 6) is 0.397. The molecular weight excluding hydrogens is 268 g/mol. The Balaban J connectivity index is 1.90. The number of nitrogens with one attached hydrogen (secondary N) is 1. The predicted molar refractivity (Wildman–Crippen MR) is 81.6 cm³/mol. The van der Waals surface area contributed by atoms with Gasteiger partial charge in [0.25, 0.3) is 0 Å².